The van der Waals surface area contributed by atoms with Gasteiger partial charge in [0.15, 0.2) is 5.82 Å². The summed E-state index contributed by atoms with van der Waals surface area (Å²) in [6.45, 7) is 9.88. The molecule has 10 heteroatoms. The highest BCUT2D eigenvalue weighted by Crippen LogP contribution is 2.32. The van der Waals surface area contributed by atoms with E-state index < -0.39 is 12.1 Å². The Kier molecular flexibility index (Phi) is 5.38. The van der Waals surface area contributed by atoms with Crippen LogP contribution in [0.2, 0.25) is 0 Å². The molecule has 29 heavy (non-hydrogen) atoms. The summed E-state index contributed by atoms with van der Waals surface area (Å²) in [6, 6.07) is 3.30. The predicted molar refractivity (Wildman–Crippen MR) is 96.4 cm³/mol. The monoisotopic (exact) mass is 410 g/mol. The number of benzene rings is 1. The lowest BCUT2D eigenvalue weighted by atomic mass is 9.96. The largest absolute Gasteiger partial charge is 0.493 e. The molecule has 0 amide bonds. The quantitative estimate of drug-likeness (QED) is 0.604. The summed E-state index contributed by atoms with van der Waals surface area (Å²) in [6.07, 6.45) is -4.25. The first kappa shape index (κ1) is 20.8. The van der Waals surface area contributed by atoms with Gasteiger partial charge in [0.2, 0.25) is 11.7 Å². The van der Waals surface area contributed by atoms with Gasteiger partial charge >= 0.3 is 12.1 Å². The molecule has 0 aliphatic carbocycles. The van der Waals surface area contributed by atoms with Crippen molar-refractivity contribution in [2.75, 3.05) is 6.61 Å². The van der Waals surface area contributed by atoms with Gasteiger partial charge in [-0.15, -0.1) is 0 Å². The summed E-state index contributed by atoms with van der Waals surface area (Å²) in [4.78, 5) is 7.77. The van der Waals surface area contributed by atoms with Crippen molar-refractivity contribution in [1.29, 1.82) is 0 Å². The molecule has 7 nitrogen and oxygen atoms in total. The molecule has 1 aromatic carbocycles. The fourth-order valence-electron chi connectivity index (χ4n) is 2.66. The standard InChI is InChI=1S/C19H21F3N4O3/c1-10-8-12(15-24-17(29-25-15)19(20,21)22)9-11(2)14(10)27-7-6-13-23-16(26-28-13)18(3,4)5/h8-9H,6-7H2,1-5H3. The van der Waals surface area contributed by atoms with Crippen molar-refractivity contribution in [2.45, 2.75) is 52.6 Å². The molecule has 3 aromatic rings. The third-order valence-electron chi connectivity index (χ3n) is 4.09. The van der Waals surface area contributed by atoms with Crippen LogP contribution in [0.3, 0.4) is 0 Å². The maximum absolute atomic E-state index is 12.7. The van der Waals surface area contributed by atoms with Crippen molar-refractivity contribution in [2.24, 2.45) is 0 Å². The molecule has 156 valence electrons. The zero-order chi connectivity index (χ0) is 21.4. The lowest BCUT2D eigenvalue weighted by Crippen LogP contribution is -2.13. The SMILES string of the molecule is Cc1cc(-c2noc(C(F)(F)F)n2)cc(C)c1OCCc1nc(C(C)(C)C)no1. The Balaban J connectivity index is 1.70. The van der Waals surface area contributed by atoms with E-state index in [9.17, 15) is 13.2 Å². The van der Waals surface area contributed by atoms with Crippen molar-refractivity contribution >= 4 is 0 Å². The minimum absolute atomic E-state index is 0.129. The van der Waals surface area contributed by atoms with Crippen LogP contribution < -0.4 is 4.74 Å². The van der Waals surface area contributed by atoms with E-state index in [2.05, 4.69) is 24.8 Å². The Bertz CT molecular complexity index is 980. The second-order valence-electron chi connectivity index (χ2n) is 7.72. The molecule has 2 heterocycles. The van der Waals surface area contributed by atoms with Gasteiger partial charge in [0.05, 0.1) is 13.0 Å². The maximum Gasteiger partial charge on any atom is 0.471 e. The Hall–Kier alpha value is -2.91. The third kappa shape index (κ3) is 4.75. The van der Waals surface area contributed by atoms with Crippen molar-refractivity contribution < 1.29 is 27.0 Å². The molecular weight excluding hydrogens is 389 g/mol. The summed E-state index contributed by atoms with van der Waals surface area (Å²) in [5.41, 5.74) is 1.68. The van der Waals surface area contributed by atoms with Gasteiger partial charge in [-0.05, 0) is 37.1 Å². The summed E-state index contributed by atoms with van der Waals surface area (Å²) in [7, 11) is 0. The second kappa shape index (κ2) is 7.49. The van der Waals surface area contributed by atoms with E-state index in [1.807, 2.05) is 20.8 Å². The number of aryl methyl sites for hydroxylation is 2. The summed E-state index contributed by atoms with van der Waals surface area (Å²) >= 11 is 0. The van der Waals surface area contributed by atoms with Crippen molar-refractivity contribution in [3.05, 3.63) is 40.9 Å². The minimum atomic E-state index is -4.68. The van der Waals surface area contributed by atoms with Gasteiger partial charge in [0.1, 0.15) is 5.75 Å². The maximum atomic E-state index is 12.7. The number of halogens is 3. The highest BCUT2D eigenvalue weighted by atomic mass is 19.4. The van der Waals surface area contributed by atoms with Crippen LogP contribution in [0.15, 0.2) is 21.2 Å². The third-order valence-corrected chi connectivity index (χ3v) is 4.09. The van der Waals surface area contributed by atoms with E-state index in [0.29, 0.717) is 36.1 Å². The molecule has 0 saturated carbocycles. The van der Waals surface area contributed by atoms with E-state index in [-0.39, 0.29) is 11.2 Å². The van der Waals surface area contributed by atoms with Gasteiger partial charge in [-0.25, -0.2) is 0 Å². The van der Waals surface area contributed by atoms with Gasteiger partial charge in [-0.1, -0.05) is 31.1 Å². The van der Waals surface area contributed by atoms with Gasteiger partial charge < -0.3 is 13.8 Å². The van der Waals surface area contributed by atoms with Gasteiger partial charge in [-0.3, -0.25) is 0 Å². The molecule has 0 bridgehead atoms. The smallest absolute Gasteiger partial charge is 0.471 e. The number of aromatic nitrogens is 4. The zero-order valence-corrected chi connectivity index (χ0v) is 16.7. The van der Waals surface area contributed by atoms with E-state index in [1.165, 1.54) is 0 Å². The Morgan fingerprint density at radius 3 is 2.14 bits per heavy atom. The van der Waals surface area contributed by atoms with Crippen LogP contribution in [-0.2, 0) is 18.0 Å². The number of hydrogen-bond donors (Lipinski definition) is 0. The van der Waals surface area contributed by atoms with E-state index >= 15 is 0 Å². The van der Waals surface area contributed by atoms with E-state index in [0.717, 1.165) is 11.1 Å². The second-order valence-corrected chi connectivity index (χ2v) is 7.72. The normalized spacial score (nSPS) is 12.4. The first-order chi connectivity index (χ1) is 13.4. The first-order valence-electron chi connectivity index (χ1n) is 8.93. The van der Waals surface area contributed by atoms with Crippen LogP contribution in [0.5, 0.6) is 5.75 Å². The summed E-state index contributed by atoms with van der Waals surface area (Å²) in [5.74, 6) is 0.229. The van der Waals surface area contributed by atoms with Crippen LogP contribution in [0, 0.1) is 13.8 Å². The molecule has 2 aromatic heterocycles. The fraction of sp³-hybridized carbons (Fsp3) is 0.474. The lowest BCUT2D eigenvalue weighted by molar-refractivity contribution is -0.159. The molecule has 0 fully saturated rings. The average molecular weight is 410 g/mol. The first-order valence-corrected chi connectivity index (χ1v) is 8.93. The van der Waals surface area contributed by atoms with Crippen molar-refractivity contribution in [3.63, 3.8) is 0 Å². The molecular formula is C19H21F3N4O3. The van der Waals surface area contributed by atoms with Crippen LogP contribution in [0.1, 0.15) is 49.5 Å². The number of alkyl halides is 3. The van der Waals surface area contributed by atoms with Crippen molar-refractivity contribution in [1.82, 2.24) is 20.3 Å². The molecule has 0 atom stereocenters. The van der Waals surface area contributed by atoms with Crippen LogP contribution >= 0.6 is 0 Å². The van der Waals surface area contributed by atoms with Gasteiger partial charge in [0, 0.05) is 11.0 Å². The minimum Gasteiger partial charge on any atom is -0.493 e. The van der Waals surface area contributed by atoms with Crippen molar-refractivity contribution in [3.8, 4) is 17.1 Å². The van der Waals surface area contributed by atoms with Crippen LogP contribution in [-0.4, -0.2) is 26.9 Å². The molecule has 0 spiro atoms. The molecule has 0 radical (unpaired) electrons. The highest BCUT2D eigenvalue weighted by Gasteiger charge is 2.38. The molecule has 0 N–H and O–H groups in total. The molecule has 0 saturated heterocycles. The number of nitrogens with zero attached hydrogens (tertiary/aromatic N) is 4. The van der Waals surface area contributed by atoms with Gasteiger partial charge in [-0.2, -0.15) is 23.1 Å². The summed E-state index contributed by atoms with van der Waals surface area (Å²) in [5, 5.41) is 7.38. The predicted octanol–water partition coefficient (Wildman–Crippen LogP) is 4.67. The van der Waals surface area contributed by atoms with Crippen LogP contribution in [0.4, 0.5) is 13.2 Å². The number of rotatable bonds is 5. The Morgan fingerprint density at radius 2 is 1.62 bits per heavy atom. The summed E-state index contributed by atoms with van der Waals surface area (Å²) < 4.78 is 53.3. The number of ether oxygens (including phenoxy) is 1. The van der Waals surface area contributed by atoms with E-state index in [4.69, 9.17) is 9.26 Å². The molecule has 3 rings (SSSR count). The Labute approximate surface area is 165 Å². The fourth-order valence-corrected chi connectivity index (χ4v) is 2.66. The van der Waals surface area contributed by atoms with E-state index in [1.54, 1.807) is 26.0 Å². The molecule has 0 aliphatic heterocycles. The average Bonchev–Trinajstić information content (AvgIpc) is 3.25. The van der Waals surface area contributed by atoms with Gasteiger partial charge in [0.25, 0.3) is 0 Å². The lowest BCUT2D eigenvalue weighted by Gasteiger charge is -2.12. The topological polar surface area (TPSA) is 87.1 Å². The number of hydrogen-bond acceptors (Lipinski definition) is 7. The van der Waals surface area contributed by atoms with Crippen LogP contribution in [0.25, 0.3) is 11.4 Å². The Morgan fingerprint density at radius 1 is 0.966 bits per heavy atom. The zero-order valence-electron chi connectivity index (χ0n) is 16.7. The highest BCUT2D eigenvalue weighted by molar-refractivity contribution is 5.61. The molecule has 0 aliphatic rings. The molecule has 0 unspecified atom stereocenters.